The Balaban J connectivity index is 1.63. The van der Waals surface area contributed by atoms with Crippen molar-refractivity contribution in [1.82, 2.24) is 15.5 Å². The van der Waals surface area contributed by atoms with E-state index in [1.54, 1.807) is 4.90 Å². The number of rotatable bonds is 3. The van der Waals surface area contributed by atoms with Crippen LogP contribution in [0.3, 0.4) is 0 Å². The highest BCUT2D eigenvalue weighted by atomic mass is 35.5. The van der Waals surface area contributed by atoms with Crippen molar-refractivity contribution in [2.45, 2.75) is 38.1 Å². The number of fused-ring (bicyclic) bond motifs is 1. The molecule has 134 valence electrons. The van der Waals surface area contributed by atoms with Crippen LogP contribution in [0.1, 0.15) is 36.8 Å². The molecule has 1 fully saturated rings. The van der Waals surface area contributed by atoms with E-state index in [1.807, 2.05) is 12.1 Å². The molecule has 0 aromatic heterocycles. The monoisotopic (exact) mass is 383 g/mol. The van der Waals surface area contributed by atoms with Gasteiger partial charge in [0.15, 0.2) is 0 Å². The molecule has 3 rings (SSSR count). The van der Waals surface area contributed by atoms with Crippen LogP contribution in [0.25, 0.3) is 0 Å². The second kappa shape index (κ2) is 7.22. The Labute approximate surface area is 155 Å². The van der Waals surface area contributed by atoms with E-state index in [4.69, 9.17) is 23.2 Å². The van der Waals surface area contributed by atoms with E-state index in [2.05, 4.69) is 17.6 Å². The van der Waals surface area contributed by atoms with E-state index in [0.29, 0.717) is 36.0 Å². The van der Waals surface area contributed by atoms with Crippen LogP contribution in [0, 0.1) is 0 Å². The third-order valence-corrected chi connectivity index (χ3v) is 5.44. The zero-order valence-corrected chi connectivity index (χ0v) is 15.3. The molecular formula is C17H19Cl2N3O3. The summed E-state index contributed by atoms with van der Waals surface area (Å²) in [6.07, 6.45) is 1.22. The van der Waals surface area contributed by atoms with Gasteiger partial charge in [-0.1, -0.05) is 30.1 Å². The van der Waals surface area contributed by atoms with Gasteiger partial charge in [0.1, 0.15) is 6.04 Å². The van der Waals surface area contributed by atoms with E-state index >= 15 is 0 Å². The van der Waals surface area contributed by atoms with Crippen LogP contribution in [-0.4, -0.2) is 41.9 Å². The van der Waals surface area contributed by atoms with E-state index in [-0.39, 0.29) is 24.2 Å². The Kier molecular flexibility index (Phi) is 5.20. The molecule has 0 aliphatic carbocycles. The van der Waals surface area contributed by atoms with Crippen molar-refractivity contribution >= 4 is 41.0 Å². The van der Waals surface area contributed by atoms with Gasteiger partial charge in [-0.25, -0.2) is 4.79 Å². The molecule has 2 heterocycles. The number of imide groups is 1. The maximum Gasteiger partial charge on any atom is 0.322 e. The fourth-order valence-electron chi connectivity index (χ4n) is 3.37. The molecule has 2 N–H and O–H groups in total. The third-order valence-electron chi connectivity index (χ3n) is 4.72. The Morgan fingerprint density at radius 3 is 2.68 bits per heavy atom. The molecule has 0 radical (unpaired) electrons. The minimum absolute atomic E-state index is 0.0224. The molecule has 0 bridgehead atoms. The van der Waals surface area contributed by atoms with E-state index in [9.17, 15) is 14.4 Å². The fraction of sp³-hybridized carbons (Fsp3) is 0.471. The zero-order valence-electron chi connectivity index (χ0n) is 13.8. The molecule has 2 aliphatic rings. The van der Waals surface area contributed by atoms with Crippen LogP contribution < -0.4 is 10.6 Å². The smallest absolute Gasteiger partial charge is 0.322 e. The number of hydrogen-bond donors (Lipinski definition) is 2. The summed E-state index contributed by atoms with van der Waals surface area (Å²) in [7, 11) is 0. The third kappa shape index (κ3) is 3.90. The van der Waals surface area contributed by atoms with Gasteiger partial charge in [0.2, 0.25) is 5.91 Å². The summed E-state index contributed by atoms with van der Waals surface area (Å²) < 4.78 is 0. The number of amides is 4. The number of halogens is 2. The zero-order chi connectivity index (χ0) is 18.1. The second-order valence-corrected chi connectivity index (χ2v) is 7.32. The molecule has 1 aromatic rings. The lowest BCUT2D eigenvalue weighted by atomic mass is 9.95. The van der Waals surface area contributed by atoms with Crippen molar-refractivity contribution in [2.24, 2.45) is 0 Å². The predicted octanol–water partition coefficient (Wildman–Crippen LogP) is 2.47. The Morgan fingerprint density at radius 2 is 2.00 bits per heavy atom. The molecular weight excluding hydrogens is 365 g/mol. The van der Waals surface area contributed by atoms with Crippen LogP contribution in [0.5, 0.6) is 0 Å². The van der Waals surface area contributed by atoms with Crippen LogP contribution >= 0.6 is 23.2 Å². The Morgan fingerprint density at radius 1 is 1.28 bits per heavy atom. The summed E-state index contributed by atoms with van der Waals surface area (Å²) in [4.78, 5) is 37.0. The van der Waals surface area contributed by atoms with Gasteiger partial charge in [-0.05, 0) is 42.0 Å². The maximum atomic E-state index is 12.6. The molecule has 1 aromatic carbocycles. The van der Waals surface area contributed by atoms with Gasteiger partial charge in [-0.15, -0.1) is 0 Å². The predicted molar refractivity (Wildman–Crippen MR) is 94.9 cm³/mol. The summed E-state index contributed by atoms with van der Waals surface area (Å²) >= 11 is 12.2. The van der Waals surface area contributed by atoms with Gasteiger partial charge >= 0.3 is 6.03 Å². The normalized spacial score (nSPS) is 22.9. The molecule has 0 spiro atoms. The van der Waals surface area contributed by atoms with Crippen molar-refractivity contribution in [1.29, 1.82) is 0 Å². The first-order chi connectivity index (χ1) is 11.8. The van der Waals surface area contributed by atoms with Crippen molar-refractivity contribution < 1.29 is 14.4 Å². The SMILES string of the molecule is CC1CN(C(=O)CC[C@H]2NC(=O)NC2=O)CCc2cc(Cl)c(Cl)cc21. The van der Waals surface area contributed by atoms with Crippen LogP contribution in [0.15, 0.2) is 12.1 Å². The quantitative estimate of drug-likeness (QED) is 0.786. The molecule has 1 saturated heterocycles. The Hall–Kier alpha value is -1.79. The molecule has 25 heavy (non-hydrogen) atoms. The van der Waals surface area contributed by atoms with Gasteiger partial charge in [0.05, 0.1) is 10.0 Å². The lowest BCUT2D eigenvalue weighted by Gasteiger charge is -2.23. The van der Waals surface area contributed by atoms with E-state index in [0.717, 1.165) is 11.1 Å². The second-order valence-electron chi connectivity index (χ2n) is 6.51. The number of nitrogens with one attached hydrogen (secondary N) is 2. The highest BCUT2D eigenvalue weighted by Gasteiger charge is 2.31. The largest absolute Gasteiger partial charge is 0.342 e. The molecule has 2 aliphatic heterocycles. The van der Waals surface area contributed by atoms with Gasteiger partial charge in [-0.2, -0.15) is 0 Å². The first-order valence-corrected chi connectivity index (χ1v) is 8.97. The van der Waals surface area contributed by atoms with Gasteiger partial charge in [0, 0.05) is 19.5 Å². The van der Waals surface area contributed by atoms with Crippen LogP contribution in [-0.2, 0) is 16.0 Å². The summed E-state index contributed by atoms with van der Waals surface area (Å²) in [6.45, 7) is 3.24. The number of carbonyl (C=O) groups excluding carboxylic acids is 3. The maximum absolute atomic E-state index is 12.6. The van der Waals surface area contributed by atoms with Crippen LogP contribution in [0.2, 0.25) is 10.0 Å². The van der Waals surface area contributed by atoms with Crippen molar-refractivity contribution in [3.8, 4) is 0 Å². The van der Waals surface area contributed by atoms with Gasteiger partial charge in [-0.3, -0.25) is 14.9 Å². The average Bonchev–Trinajstić information content (AvgIpc) is 2.79. The molecule has 4 amide bonds. The molecule has 8 heteroatoms. The van der Waals surface area contributed by atoms with Crippen molar-refractivity contribution in [2.75, 3.05) is 13.1 Å². The highest BCUT2D eigenvalue weighted by molar-refractivity contribution is 6.42. The minimum Gasteiger partial charge on any atom is -0.342 e. The first-order valence-electron chi connectivity index (χ1n) is 8.22. The highest BCUT2D eigenvalue weighted by Crippen LogP contribution is 2.32. The first kappa shape index (κ1) is 18.0. The lowest BCUT2D eigenvalue weighted by molar-refractivity contribution is -0.131. The summed E-state index contributed by atoms with van der Waals surface area (Å²) in [5.74, 6) is -0.254. The van der Waals surface area contributed by atoms with E-state index < -0.39 is 12.1 Å². The number of benzene rings is 1. The van der Waals surface area contributed by atoms with E-state index in [1.165, 1.54) is 0 Å². The Bertz CT molecular complexity index is 738. The standard InChI is InChI=1S/C17H19Cl2N3O3/c1-9-8-22(5-4-10-6-12(18)13(19)7-11(9)10)15(23)3-2-14-16(24)21-17(25)20-14/h6-7,9,14H,2-5,8H2,1H3,(H2,20,21,24,25)/t9?,14-/m1/s1. The molecule has 1 unspecified atom stereocenters. The minimum atomic E-state index is -0.629. The van der Waals surface area contributed by atoms with Crippen molar-refractivity contribution in [3.63, 3.8) is 0 Å². The fourth-order valence-corrected chi connectivity index (χ4v) is 3.73. The number of urea groups is 1. The summed E-state index contributed by atoms with van der Waals surface area (Å²) in [5.41, 5.74) is 2.23. The molecule has 6 nitrogen and oxygen atoms in total. The number of nitrogens with zero attached hydrogens (tertiary/aromatic N) is 1. The molecule has 0 saturated carbocycles. The molecule has 2 atom stereocenters. The summed E-state index contributed by atoms with van der Waals surface area (Å²) in [5, 5.41) is 5.73. The van der Waals surface area contributed by atoms with Crippen LogP contribution in [0.4, 0.5) is 4.79 Å². The van der Waals surface area contributed by atoms with Gasteiger partial charge < -0.3 is 10.2 Å². The lowest BCUT2D eigenvalue weighted by Crippen LogP contribution is -2.36. The number of carbonyl (C=O) groups is 3. The van der Waals surface area contributed by atoms with Crippen molar-refractivity contribution in [3.05, 3.63) is 33.3 Å². The topological polar surface area (TPSA) is 78.5 Å². The average molecular weight is 384 g/mol. The number of hydrogen-bond acceptors (Lipinski definition) is 3. The van der Waals surface area contributed by atoms with Gasteiger partial charge in [0.25, 0.3) is 5.91 Å². The summed E-state index contributed by atoms with van der Waals surface area (Å²) in [6, 6.07) is 2.63.